The molecule has 6 heteroatoms. The molecule has 0 aliphatic heterocycles. The Labute approximate surface area is 136 Å². The average Bonchev–Trinajstić information content (AvgIpc) is 2.94. The number of benzene rings is 1. The summed E-state index contributed by atoms with van der Waals surface area (Å²) in [5, 5.41) is 2.82. The van der Waals surface area contributed by atoms with Gasteiger partial charge in [-0.3, -0.25) is 4.99 Å². The minimum atomic E-state index is -0.253. The van der Waals surface area contributed by atoms with Crippen LogP contribution in [0.15, 0.2) is 39.2 Å². The number of amidine groups is 1. The quantitative estimate of drug-likeness (QED) is 0.586. The molecule has 0 radical (unpaired) electrons. The number of hydrogen-bond acceptors (Lipinski definition) is 3. The molecule has 21 heavy (non-hydrogen) atoms. The first kappa shape index (κ1) is 16.1. The fourth-order valence-electron chi connectivity index (χ4n) is 2.00. The van der Waals surface area contributed by atoms with Crippen molar-refractivity contribution in [3.05, 3.63) is 50.6 Å². The first-order chi connectivity index (χ1) is 10.0. The molecular formula is C15H17BrFN3S. The fraction of sp³-hybridized carbons (Fsp3) is 0.333. The van der Waals surface area contributed by atoms with Gasteiger partial charge in [-0.15, -0.1) is 11.3 Å². The van der Waals surface area contributed by atoms with E-state index in [1.54, 1.807) is 23.6 Å². The maximum atomic E-state index is 13.2. The van der Waals surface area contributed by atoms with Crippen molar-refractivity contribution in [1.82, 2.24) is 9.88 Å². The number of aliphatic imine (C=N–C) groups is 1. The zero-order chi connectivity index (χ0) is 15.4. The van der Waals surface area contributed by atoms with Crippen LogP contribution in [0.25, 0.3) is 0 Å². The van der Waals surface area contributed by atoms with Crippen molar-refractivity contribution >= 4 is 33.1 Å². The Balaban J connectivity index is 2.42. The van der Waals surface area contributed by atoms with Crippen LogP contribution in [0.2, 0.25) is 0 Å². The van der Waals surface area contributed by atoms with Gasteiger partial charge in [0, 0.05) is 30.1 Å². The van der Waals surface area contributed by atoms with Gasteiger partial charge in [0.05, 0.1) is 6.04 Å². The van der Waals surface area contributed by atoms with E-state index >= 15 is 0 Å². The minimum Gasteiger partial charge on any atom is -0.361 e. The van der Waals surface area contributed by atoms with Gasteiger partial charge in [0.1, 0.15) is 5.82 Å². The molecule has 2 aromatic rings. The summed E-state index contributed by atoms with van der Waals surface area (Å²) in [7, 11) is 3.90. The van der Waals surface area contributed by atoms with Crippen LogP contribution in [0.4, 0.5) is 4.39 Å². The lowest BCUT2D eigenvalue weighted by Crippen LogP contribution is -2.24. The van der Waals surface area contributed by atoms with Gasteiger partial charge in [-0.1, -0.05) is 28.9 Å². The van der Waals surface area contributed by atoms with E-state index in [2.05, 4.69) is 27.8 Å². The van der Waals surface area contributed by atoms with Crippen LogP contribution in [0.5, 0.6) is 0 Å². The molecule has 1 heterocycles. The molecule has 0 fully saturated rings. The van der Waals surface area contributed by atoms with Crippen molar-refractivity contribution in [3.63, 3.8) is 0 Å². The Morgan fingerprint density at radius 3 is 2.76 bits per heavy atom. The molecule has 0 saturated carbocycles. The molecule has 0 aliphatic rings. The molecular weight excluding hydrogens is 353 g/mol. The predicted octanol–water partition coefficient (Wildman–Crippen LogP) is 4.50. The second-order valence-corrected chi connectivity index (χ2v) is 6.52. The summed E-state index contributed by atoms with van der Waals surface area (Å²) in [5.74, 6) is 0.588. The van der Waals surface area contributed by atoms with Crippen molar-refractivity contribution in [2.45, 2.75) is 19.4 Å². The minimum absolute atomic E-state index is 0.0405. The van der Waals surface area contributed by atoms with Crippen LogP contribution in [0.1, 0.15) is 30.0 Å². The molecule has 2 rings (SSSR count). The van der Waals surface area contributed by atoms with E-state index < -0.39 is 0 Å². The lowest BCUT2D eigenvalue weighted by Gasteiger charge is -2.19. The fourth-order valence-corrected chi connectivity index (χ4v) is 3.32. The Bertz CT molecular complexity index is 626. The number of thiazole rings is 1. The molecule has 3 nitrogen and oxygen atoms in total. The summed E-state index contributed by atoms with van der Waals surface area (Å²) in [5.41, 5.74) is 0.981. The third-order valence-corrected chi connectivity index (χ3v) is 4.49. The topological polar surface area (TPSA) is 28.5 Å². The highest BCUT2D eigenvalue weighted by Crippen LogP contribution is 2.30. The summed E-state index contributed by atoms with van der Waals surface area (Å²) in [4.78, 5) is 11.1. The largest absolute Gasteiger partial charge is 0.361 e. The Morgan fingerprint density at radius 1 is 1.48 bits per heavy atom. The van der Waals surface area contributed by atoms with E-state index in [0.717, 1.165) is 27.3 Å². The van der Waals surface area contributed by atoms with Crippen molar-refractivity contribution < 1.29 is 4.39 Å². The van der Waals surface area contributed by atoms with Crippen LogP contribution < -0.4 is 0 Å². The molecule has 1 aromatic heterocycles. The third-order valence-electron chi connectivity index (χ3n) is 3.03. The zero-order valence-corrected chi connectivity index (χ0v) is 14.6. The molecule has 0 amide bonds. The number of aromatic nitrogens is 1. The van der Waals surface area contributed by atoms with E-state index in [4.69, 9.17) is 4.99 Å². The molecule has 0 N–H and O–H groups in total. The zero-order valence-electron chi connectivity index (χ0n) is 12.2. The van der Waals surface area contributed by atoms with Gasteiger partial charge in [-0.2, -0.15) is 0 Å². The number of nitrogens with zero attached hydrogens (tertiary/aromatic N) is 3. The van der Waals surface area contributed by atoms with Crippen LogP contribution >= 0.6 is 27.3 Å². The standard InChI is InChI=1S/C15H17BrFN3S/c1-4-13(11-6-5-10(17)9-12(11)16)19-14(20(2)3)15-18-7-8-21-15/h5-9,13H,4H2,1-3H3. The maximum absolute atomic E-state index is 13.2. The van der Waals surface area contributed by atoms with E-state index in [0.29, 0.717) is 0 Å². The van der Waals surface area contributed by atoms with Crippen molar-refractivity contribution in [2.75, 3.05) is 14.1 Å². The molecule has 0 bridgehead atoms. The van der Waals surface area contributed by atoms with Crippen LogP contribution in [0.3, 0.4) is 0 Å². The second-order valence-electron chi connectivity index (χ2n) is 4.77. The van der Waals surface area contributed by atoms with E-state index in [1.165, 1.54) is 12.1 Å². The van der Waals surface area contributed by atoms with Crippen molar-refractivity contribution in [1.29, 1.82) is 0 Å². The summed E-state index contributed by atoms with van der Waals surface area (Å²) in [6.07, 6.45) is 2.60. The van der Waals surface area contributed by atoms with Crippen molar-refractivity contribution in [3.8, 4) is 0 Å². The van der Waals surface area contributed by atoms with E-state index in [1.807, 2.05) is 24.4 Å². The average molecular weight is 370 g/mol. The highest BCUT2D eigenvalue weighted by Gasteiger charge is 2.16. The lowest BCUT2D eigenvalue weighted by molar-refractivity contribution is 0.595. The van der Waals surface area contributed by atoms with Crippen LogP contribution in [-0.2, 0) is 0 Å². The smallest absolute Gasteiger partial charge is 0.160 e. The molecule has 0 saturated heterocycles. The van der Waals surface area contributed by atoms with Gasteiger partial charge in [0.2, 0.25) is 0 Å². The van der Waals surface area contributed by atoms with Gasteiger partial charge < -0.3 is 4.90 Å². The van der Waals surface area contributed by atoms with Gasteiger partial charge in [0.25, 0.3) is 0 Å². The first-order valence-corrected chi connectivity index (χ1v) is 8.30. The van der Waals surface area contributed by atoms with E-state index in [9.17, 15) is 4.39 Å². The van der Waals surface area contributed by atoms with E-state index in [-0.39, 0.29) is 11.9 Å². The van der Waals surface area contributed by atoms with Crippen molar-refractivity contribution in [2.24, 2.45) is 4.99 Å². The number of halogens is 2. The number of hydrogen-bond donors (Lipinski definition) is 0. The monoisotopic (exact) mass is 369 g/mol. The predicted molar refractivity (Wildman–Crippen MR) is 89.5 cm³/mol. The third kappa shape index (κ3) is 3.89. The van der Waals surface area contributed by atoms with Crippen LogP contribution in [0, 0.1) is 5.82 Å². The summed E-state index contributed by atoms with van der Waals surface area (Å²) in [6.45, 7) is 2.07. The van der Waals surface area contributed by atoms with Gasteiger partial charge >= 0.3 is 0 Å². The van der Waals surface area contributed by atoms with Gasteiger partial charge in [0.15, 0.2) is 10.8 Å². The summed E-state index contributed by atoms with van der Waals surface area (Å²) < 4.78 is 14.0. The Hall–Kier alpha value is -1.27. The first-order valence-electron chi connectivity index (χ1n) is 6.62. The number of rotatable bonds is 4. The molecule has 1 atom stereocenters. The SMILES string of the molecule is CCC(N=C(c1nccs1)N(C)C)c1ccc(F)cc1Br. The second kappa shape index (κ2) is 7.13. The van der Waals surface area contributed by atoms with Crippen LogP contribution in [-0.4, -0.2) is 29.8 Å². The van der Waals surface area contributed by atoms with Gasteiger partial charge in [-0.05, 0) is 24.1 Å². The molecule has 1 aromatic carbocycles. The summed E-state index contributed by atoms with van der Waals surface area (Å²) >= 11 is 4.99. The molecule has 1 unspecified atom stereocenters. The Kier molecular flexibility index (Phi) is 5.47. The summed E-state index contributed by atoms with van der Waals surface area (Å²) in [6, 6.07) is 4.69. The maximum Gasteiger partial charge on any atom is 0.160 e. The highest BCUT2D eigenvalue weighted by molar-refractivity contribution is 9.10. The lowest BCUT2D eigenvalue weighted by atomic mass is 10.1. The van der Waals surface area contributed by atoms with Gasteiger partial charge in [-0.25, -0.2) is 9.37 Å². The highest BCUT2D eigenvalue weighted by atomic mass is 79.9. The molecule has 0 aliphatic carbocycles. The molecule has 112 valence electrons. The Morgan fingerprint density at radius 2 is 2.24 bits per heavy atom. The molecule has 0 spiro atoms. The normalized spacial score (nSPS) is 13.3.